The lowest BCUT2D eigenvalue weighted by Crippen LogP contribution is -2.50. The molecular formula is C20H28N4O3. The third-order valence-electron chi connectivity index (χ3n) is 6.26. The quantitative estimate of drug-likeness (QED) is 0.613. The average molecular weight is 372 g/mol. The second-order valence-corrected chi connectivity index (χ2v) is 8.01. The number of benzene rings is 1. The summed E-state index contributed by atoms with van der Waals surface area (Å²) in [5.41, 5.74) is 7.22. The second kappa shape index (κ2) is 7.96. The number of carbonyl (C=O) groups is 2. The highest BCUT2D eigenvalue weighted by molar-refractivity contribution is 5.82. The molecule has 2 saturated heterocycles. The number of fused-ring (bicyclic) bond motifs is 1. The monoisotopic (exact) mass is 372 g/mol. The van der Waals surface area contributed by atoms with Gasteiger partial charge < -0.3 is 10.4 Å². The summed E-state index contributed by atoms with van der Waals surface area (Å²) < 4.78 is 0. The third-order valence-corrected chi connectivity index (χ3v) is 6.26. The highest BCUT2D eigenvalue weighted by atomic mass is 16.4. The summed E-state index contributed by atoms with van der Waals surface area (Å²) >= 11 is 0. The van der Waals surface area contributed by atoms with Crippen molar-refractivity contribution in [2.24, 2.45) is 5.92 Å². The molecule has 2 aliphatic heterocycles. The SMILES string of the molecule is O=C(O)C1NNC2CCC(NC(=O)C3CCCN3Cc3ccccc3)CC21. The van der Waals surface area contributed by atoms with Crippen molar-refractivity contribution in [3.05, 3.63) is 35.9 Å². The van der Waals surface area contributed by atoms with Gasteiger partial charge in [-0.05, 0) is 44.2 Å². The van der Waals surface area contributed by atoms with Crippen LogP contribution >= 0.6 is 0 Å². The maximum absolute atomic E-state index is 12.9. The molecule has 1 saturated carbocycles. The Kier molecular flexibility index (Phi) is 5.43. The van der Waals surface area contributed by atoms with Crippen LogP contribution in [0.15, 0.2) is 30.3 Å². The van der Waals surface area contributed by atoms with Crippen LogP contribution in [0.3, 0.4) is 0 Å². The van der Waals surface area contributed by atoms with Crippen molar-refractivity contribution in [1.82, 2.24) is 21.1 Å². The molecule has 1 aliphatic carbocycles. The predicted octanol–water partition coefficient (Wildman–Crippen LogP) is 0.866. The molecule has 0 aromatic heterocycles. The van der Waals surface area contributed by atoms with Crippen molar-refractivity contribution >= 4 is 11.9 Å². The minimum Gasteiger partial charge on any atom is -0.480 e. The van der Waals surface area contributed by atoms with E-state index < -0.39 is 12.0 Å². The summed E-state index contributed by atoms with van der Waals surface area (Å²) in [6.45, 7) is 1.74. The van der Waals surface area contributed by atoms with E-state index in [2.05, 4.69) is 33.2 Å². The highest BCUT2D eigenvalue weighted by Crippen LogP contribution is 2.31. The lowest BCUT2D eigenvalue weighted by atomic mass is 9.79. The average Bonchev–Trinajstić information content (AvgIpc) is 3.29. The number of carboxylic acids is 1. The number of amides is 1. The molecule has 7 heteroatoms. The number of nitrogens with zero attached hydrogens (tertiary/aromatic N) is 1. The molecule has 5 atom stereocenters. The zero-order chi connectivity index (χ0) is 18.8. The number of hydrazine groups is 1. The van der Waals surface area contributed by atoms with Crippen LogP contribution in [0, 0.1) is 5.92 Å². The Hall–Kier alpha value is -1.96. The second-order valence-electron chi connectivity index (χ2n) is 8.01. The molecule has 4 N–H and O–H groups in total. The van der Waals surface area contributed by atoms with E-state index in [4.69, 9.17) is 0 Å². The molecule has 3 aliphatic rings. The molecule has 4 rings (SSSR count). The highest BCUT2D eigenvalue weighted by Gasteiger charge is 2.44. The van der Waals surface area contributed by atoms with E-state index in [1.807, 2.05) is 18.2 Å². The number of hydrogen-bond donors (Lipinski definition) is 4. The minimum absolute atomic E-state index is 0.0190. The first-order valence-electron chi connectivity index (χ1n) is 9.94. The Morgan fingerprint density at radius 1 is 1.15 bits per heavy atom. The van der Waals surface area contributed by atoms with Crippen molar-refractivity contribution < 1.29 is 14.7 Å². The van der Waals surface area contributed by atoms with Crippen LogP contribution in [0.5, 0.6) is 0 Å². The fraction of sp³-hybridized carbons (Fsp3) is 0.600. The first-order valence-corrected chi connectivity index (χ1v) is 9.94. The van der Waals surface area contributed by atoms with E-state index >= 15 is 0 Å². The van der Waals surface area contributed by atoms with Gasteiger partial charge in [0.05, 0.1) is 6.04 Å². The molecule has 7 nitrogen and oxygen atoms in total. The third kappa shape index (κ3) is 4.00. The van der Waals surface area contributed by atoms with E-state index in [0.29, 0.717) is 6.42 Å². The molecule has 146 valence electrons. The summed E-state index contributed by atoms with van der Waals surface area (Å²) in [4.78, 5) is 26.6. The van der Waals surface area contributed by atoms with E-state index in [1.165, 1.54) is 5.56 Å². The van der Waals surface area contributed by atoms with E-state index in [9.17, 15) is 14.7 Å². The number of likely N-dealkylation sites (tertiary alicyclic amines) is 1. The van der Waals surface area contributed by atoms with Gasteiger partial charge in [0.25, 0.3) is 0 Å². The molecule has 0 bridgehead atoms. The molecule has 27 heavy (non-hydrogen) atoms. The van der Waals surface area contributed by atoms with E-state index in [0.717, 1.165) is 38.8 Å². The smallest absolute Gasteiger partial charge is 0.322 e. The molecule has 1 aromatic carbocycles. The number of carboxylic acid groups (broad SMARTS) is 1. The predicted molar refractivity (Wildman–Crippen MR) is 101 cm³/mol. The molecule has 2 heterocycles. The number of aliphatic carboxylic acids is 1. The van der Waals surface area contributed by atoms with Crippen molar-refractivity contribution in [2.45, 2.75) is 62.8 Å². The Morgan fingerprint density at radius 3 is 2.74 bits per heavy atom. The van der Waals surface area contributed by atoms with Gasteiger partial charge in [-0.3, -0.25) is 19.9 Å². The zero-order valence-corrected chi connectivity index (χ0v) is 15.4. The Labute approximate surface area is 159 Å². The summed E-state index contributed by atoms with van der Waals surface area (Å²) in [6.07, 6.45) is 4.40. The molecule has 0 radical (unpaired) electrons. The van der Waals surface area contributed by atoms with Crippen molar-refractivity contribution in [3.8, 4) is 0 Å². The van der Waals surface area contributed by atoms with Gasteiger partial charge in [-0.2, -0.15) is 0 Å². The fourth-order valence-corrected chi connectivity index (χ4v) is 4.86. The summed E-state index contributed by atoms with van der Waals surface area (Å²) in [5, 5.41) is 12.6. The normalized spacial score (nSPS) is 33.6. The minimum atomic E-state index is -0.827. The maximum Gasteiger partial charge on any atom is 0.322 e. The van der Waals surface area contributed by atoms with Crippen molar-refractivity contribution in [1.29, 1.82) is 0 Å². The van der Waals surface area contributed by atoms with Gasteiger partial charge in [-0.25, -0.2) is 5.43 Å². The first kappa shape index (κ1) is 18.4. The zero-order valence-electron chi connectivity index (χ0n) is 15.4. The molecular weight excluding hydrogens is 344 g/mol. The lowest BCUT2D eigenvalue weighted by molar-refractivity contribution is -0.140. The summed E-state index contributed by atoms with van der Waals surface area (Å²) in [6, 6.07) is 9.84. The van der Waals surface area contributed by atoms with Gasteiger partial charge in [0.2, 0.25) is 5.91 Å². The van der Waals surface area contributed by atoms with Crippen LogP contribution in [-0.2, 0) is 16.1 Å². The first-order chi connectivity index (χ1) is 13.1. The number of rotatable bonds is 5. The molecule has 1 aromatic rings. The Balaban J connectivity index is 1.35. The molecule has 0 spiro atoms. The van der Waals surface area contributed by atoms with Gasteiger partial charge in [-0.1, -0.05) is 30.3 Å². The van der Waals surface area contributed by atoms with Gasteiger partial charge in [-0.15, -0.1) is 0 Å². The van der Waals surface area contributed by atoms with Gasteiger partial charge >= 0.3 is 5.97 Å². The van der Waals surface area contributed by atoms with Crippen LogP contribution in [0.1, 0.15) is 37.7 Å². The van der Waals surface area contributed by atoms with Crippen LogP contribution in [0.4, 0.5) is 0 Å². The standard InChI is InChI=1S/C20H28N4O3/c25-19(17-7-4-10-24(17)12-13-5-2-1-3-6-13)21-14-8-9-16-15(11-14)18(20(26)27)23-22-16/h1-3,5-6,14-18,22-23H,4,7-12H2,(H,21,25)(H,26,27). The van der Waals surface area contributed by atoms with Crippen molar-refractivity contribution in [3.63, 3.8) is 0 Å². The topological polar surface area (TPSA) is 93.7 Å². The van der Waals surface area contributed by atoms with Gasteiger partial charge in [0.1, 0.15) is 6.04 Å². The van der Waals surface area contributed by atoms with Gasteiger partial charge in [0, 0.05) is 24.5 Å². The molecule has 3 fully saturated rings. The molecule has 1 amide bonds. The van der Waals surface area contributed by atoms with E-state index in [1.54, 1.807) is 0 Å². The molecule has 5 unspecified atom stereocenters. The Bertz CT molecular complexity index is 683. The number of hydrogen-bond acceptors (Lipinski definition) is 5. The van der Waals surface area contributed by atoms with Crippen LogP contribution in [0.25, 0.3) is 0 Å². The maximum atomic E-state index is 12.9. The number of nitrogens with one attached hydrogen (secondary N) is 3. The lowest BCUT2D eigenvalue weighted by Gasteiger charge is -2.34. The van der Waals surface area contributed by atoms with Crippen molar-refractivity contribution in [2.75, 3.05) is 6.54 Å². The fourth-order valence-electron chi connectivity index (χ4n) is 4.86. The van der Waals surface area contributed by atoms with Gasteiger partial charge in [0.15, 0.2) is 0 Å². The van der Waals surface area contributed by atoms with Crippen LogP contribution in [-0.4, -0.2) is 52.6 Å². The summed E-state index contributed by atoms with van der Waals surface area (Å²) in [5.74, 6) is -0.713. The largest absolute Gasteiger partial charge is 0.480 e. The van der Waals surface area contributed by atoms with E-state index in [-0.39, 0.29) is 30.0 Å². The van der Waals surface area contributed by atoms with Crippen LogP contribution in [0.2, 0.25) is 0 Å². The van der Waals surface area contributed by atoms with Crippen LogP contribution < -0.4 is 16.2 Å². The summed E-state index contributed by atoms with van der Waals surface area (Å²) in [7, 11) is 0. The Morgan fingerprint density at radius 2 is 1.96 bits per heavy atom. The number of carbonyl (C=O) groups excluding carboxylic acids is 1.